The second kappa shape index (κ2) is 11.6. The van der Waals surface area contributed by atoms with Gasteiger partial charge in [0.05, 0.1) is 11.4 Å². The first-order valence-electron chi connectivity index (χ1n) is 9.03. The highest BCUT2D eigenvalue weighted by atomic mass is 35.5. The topological polar surface area (TPSA) is 76.9 Å². The molecule has 0 aliphatic heterocycles. The average Bonchev–Trinajstić information content (AvgIpc) is 3.06. The normalized spacial score (nSPS) is 15.1. The van der Waals surface area contributed by atoms with Crippen LogP contribution in [0.4, 0.5) is 0 Å². The largest absolute Gasteiger partial charge is 0.391 e. The van der Waals surface area contributed by atoms with Crippen LogP contribution in [0.2, 0.25) is 0 Å². The van der Waals surface area contributed by atoms with Crippen LogP contribution in [0.25, 0.3) is 0 Å². The van der Waals surface area contributed by atoms with E-state index >= 15 is 0 Å². The average molecular weight is 391 g/mol. The smallest absolute Gasteiger partial charge is 0.145 e. The summed E-state index contributed by atoms with van der Waals surface area (Å²) in [6.07, 6.45) is 6.61. The van der Waals surface area contributed by atoms with Crippen molar-refractivity contribution < 1.29 is 4.84 Å². The van der Waals surface area contributed by atoms with Gasteiger partial charge in [-0.15, -0.1) is 0 Å². The Hall–Kier alpha value is -2.08. The Balaban J connectivity index is 0.00000176. The standard InChI is InChI=1S/C20H26ClN3O.CH5N/c1-5-6-7-19(21)18(15(3)24(4)22)13-25-23-20-11-10-16-9-8-14(2)12-17(16)20;1-2/h6-9,12H,3,5,10-11,13,22H2,1-2,4H3;2H2,1H3/b7-6-,19-18+,23-20?;. The lowest BCUT2D eigenvalue weighted by Crippen LogP contribution is -2.26. The fourth-order valence-corrected chi connectivity index (χ4v) is 2.91. The number of likely N-dealkylation sites (N-methyl/N-ethyl adjacent to an activating group) is 1. The molecule has 27 heavy (non-hydrogen) atoms. The van der Waals surface area contributed by atoms with Crippen LogP contribution in [0.1, 0.15) is 36.5 Å². The van der Waals surface area contributed by atoms with Crippen molar-refractivity contribution in [1.82, 2.24) is 5.01 Å². The summed E-state index contributed by atoms with van der Waals surface area (Å²) in [7, 11) is 3.22. The number of nitrogens with two attached hydrogens (primary N) is 2. The Bertz CT molecular complexity index is 736. The summed E-state index contributed by atoms with van der Waals surface area (Å²) >= 11 is 6.38. The first kappa shape index (κ1) is 23.0. The number of benzene rings is 1. The number of aryl methyl sites for hydroxylation is 2. The molecular weight excluding hydrogens is 360 g/mol. The summed E-state index contributed by atoms with van der Waals surface area (Å²) in [5.41, 5.74) is 10.5. The quantitative estimate of drug-likeness (QED) is 0.419. The number of allylic oxidation sites excluding steroid dienone is 3. The second-order valence-corrected chi connectivity index (χ2v) is 6.57. The monoisotopic (exact) mass is 390 g/mol. The van der Waals surface area contributed by atoms with E-state index in [4.69, 9.17) is 22.3 Å². The van der Waals surface area contributed by atoms with Crippen molar-refractivity contribution in [3.8, 4) is 0 Å². The van der Waals surface area contributed by atoms with E-state index in [0.717, 1.165) is 30.5 Å². The fourth-order valence-electron chi connectivity index (χ4n) is 2.66. The minimum absolute atomic E-state index is 0.220. The predicted octanol–water partition coefficient (Wildman–Crippen LogP) is 4.02. The molecule has 0 heterocycles. The number of nitrogens with zero attached hydrogens (tertiary/aromatic N) is 2. The molecule has 148 valence electrons. The Morgan fingerprint density at radius 2 is 2.07 bits per heavy atom. The van der Waals surface area contributed by atoms with Crippen molar-refractivity contribution in [1.29, 1.82) is 0 Å². The zero-order valence-electron chi connectivity index (χ0n) is 16.8. The van der Waals surface area contributed by atoms with E-state index in [2.05, 4.69) is 42.6 Å². The Morgan fingerprint density at radius 1 is 1.37 bits per heavy atom. The van der Waals surface area contributed by atoms with Crippen LogP contribution >= 0.6 is 11.6 Å². The van der Waals surface area contributed by atoms with Gasteiger partial charge in [0, 0.05) is 23.2 Å². The van der Waals surface area contributed by atoms with Crippen LogP contribution in [-0.2, 0) is 11.3 Å². The van der Waals surface area contributed by atoms with Gasteiger partial charge in [0.15, 0.2) is 0 Å². The molecular formula is C21H31ClN4O. The summed E-state index contributed by atoms with van der Waals surface area (Å²) in [5, 5.41) is 6.34. The number of rotatable bonds is 7. The van der Waals surface area contributed by atoms with E-state index in [0.29, 0.717) is 10.7 Å². The van der Waals surface area contributed by atoms with Gasteiger partial charge in [-0.3, -0.25) is 0 Å². The number of oxime groups is 1. The van der Waals surface area contributed by atoms with Crippen molar-refractivity contribution >= 4 is 17.3 Å². The van der Waals surface area contributed by atoms with Gasteiger partial charge >= 0.3 is 0 Å². The van der Waals surface area contributed by atoms with E-state index in [9.17, 15) is 0 Å². The third kappa shape index (κ3) is 6.54. The van der Waals surface area contributed by atoms with Gasteiger partial charge in [-0.2, -0.15) is 0 Å². The number of hydrogen-bond acceptors (Lipinski definition) is 5. The zero-order chi connectivity index (χ0) is 20.4. The van der Waals surface area contributed by atoms with E-state index in [1.165, 1.54) is 28.7 Å². The van der Waals surface area contributed by atoms with Crippen molar-refractivity contribution in [3.63, 3.8) is 0 Å². The molecule has 0 atom stereocenters. The highest BCUT2D eigenvalue weighted by Gasteiger charge is 2.18. The molecule has 5 nitrogen and oxygen atoms in total. The summed E-state index contributed by atoms with van der Waals surface area (Å²) in [5.74, 6) is 5.80. The van der Waals surface area contributed by atoms with Crippen LogP contribution in [0.3, 0.4) is 0 Å². The zero-order valence-corrected chi connectivity index (χ0v) is 17.5. The lowest BCUT2D eigenvalue weighted by atomic mass is 10.1. The Labute approximate surface area is 168 Å². The highest BCUT2D eigenvalue weighted by molar-refractivity contribution is 6.31. The highest BCUT2D eigenvalue weighted by Crippen LogP contribution is 2.25. The van der Waals surface area contributed by atoms with E-state index < -0.39 is 0 Å². The maximum atomic E-state index is 6.38. The maximum Gasteiger partial charge on any atom is 0.145 e. The van der Waals surface area contributed by atoms with E-state index in [-0.39, 0.29) is 6.61 Å². The Morgan fingerprint density at radius 3 is 2.70 bits per heavy atom. The summed E-state index contributed by atoms with van der Waals surface area (Å²) in [6.45, 7) is 8.33. The Kier molecular flexibility index (Phi) is 9.86. The van der Waals surface area contributed by atoms with Crippen molar-refractivity contribution in [3.05, 3.63) is 69.9 Å². The predicted molar refractivity (Wildman–Crippen MR) is 116 cm³/mol. The minimum Gasteiger partial charge on any atom is -0.391 e. The molecule has 1 aliphatic rings. The van der Waals surface area contributed by atoms with Gasteiger partial charge in [0.2, 0.25) is 0 Å². The molecule has 0 fully saturated rings. The molecule has 0 amide bonds. The third-order valence-electron chi connectivity index (χ3n) is 4.15. The van der Waals surface area contributed by atoms with Crippen LogP contribution in [0, 0.1) is 6.92 Å². The van der Waals surface area contributed by atoms with Crippen molar-refractivity contribution in [2.45, 2.75) is 33.1 Å². The SMILES string of the molecule is C=C(/C(CON=C1CCc2ccc(C)cc21)=C(Cl)\C=C/CC)N(C)N.CN. The molecule has 4 N–H and O–H groups in total. The van der Waals surface area contributed by atoms with Crippen LogP contribution in [0.15, 0.2) is 58.4 Å². The van der Waals surface area contributed by atoms with Gasteiger partial charge in [-0.05, 0) is 50.9 Å². The minimum atomic E-state index is 0.220. The molecule has 0 saturated carbocycles. The van der Waals surface area contributed by atoms with E-state index in [1.54, 1.807) is 7.05 Å². The van der Waals surface area contributed by atoms with E-state index in [1.807, 2.05) is 19.1 Å². The molecule has 2 rings (SSSR count). The number of fused-ring (bicyclic) bond motifs is 1. The fraction of sp³-hybridized carbons (Fsp3) is 0.381. The van der Waals surface area contributed by atoms with Gasteiger partial charge in [-0.25, -0.2) is 5.84 Å². The van der Waals surface area contributed by atoms with Gasteiger partial charge in [0.1, 0.15) is 6.61 Å². The molecule has 6 heteroatoms. The molecule has 0 radical (unpaired) electrons. The molecule has 1 aromatic rings. The lowest BCUT2D eigenvalue weighted by molar-refractivity contribution is 0.166. The van der Waals surface area contributed by atoms with Crippen LogP contribution in [0.5, 0.6) is 0 Å². The first-order valence-corrected chi connectivity index (χ1v) is 9.41. The number of halogens is 1. The molecule has 1 aromatic carbocycles. The van der Waals surface area contributed by atoms with Gasteiger partial charge < -0.3 is 15.6 Å². The molecule has 0 unspecified atom stereocenters. The van der Waals surface area contributed by atoms with Crippen LogP contribution < -0.4 is 11.6 Å². The second-order valence-electron chi connectivity index (χ2n) is 6.17. The molecule has 0 bridgehead atoms. The summed E-state index contributed by atoms with van der Waals surface area (Å²) < 4.78 is 0. The lowest BCUT2D eigenvalue weighted by Gasteiger charge is -2.18. The molecule has 0 saturated heterocycles. The van der Waals surface area contributed by atoms with Crippen molar-refractivity contribution in [2.75, 3.05) is 20.7 Å². The van der Waals surface area contributed by atoms with Crippen molar-refractivity contribution in [2.24, 2.45) is 16.7 Å². The summed E-state index contributed by atoms with van der Waals surface area (Å²) in [6, 6.07) is 6.45. The third-order valence-corrected chi connectivity index (χ3v) is 4.51. The molecule has 0 aromatic heterocycles. The maximum absolute atomic E-state index is 6.38. The molecule has 0 spiro atoms. The molecule has 1 aliphatic carbocycles. The number of hydrogen-bond donors (Lipinski definition) is 2. The number of hydrazine groups is 1. The van der Waals surface area contributed by atoms with Crippen LogP contribution in [-0.4, -0.2) is 31.4 Å². The first-order chi connectivity index (χ1) is 12.9. The summed E-state index contributed by atoms with van der Waals surface area (Å²) in [4.78, 5) is 5.62. The van der Waals surface area contributed by atoms with Gasteiger partial charge in [0.25, 0.3) is 0 Å². The van der Waals surface area contributed by atoms with Gasteiger partial charge in [-0.1, -0.05) is 54.0 Å².